The molecule has 2 heterocycles. The summed E-state index contributed by atoms with van der Waals surface area (Å²) in [6.45, 7) is 0. The predicted molar refractivity (Wildman–Crippen MR) is 281 cm³/mol. The molecule has 2 aromatic heterocycles. The van der Waals surface area contributed by atoms with Gasteiger partial charge in [0.1, 0.15) is 0 Å². The van der Waals surface area contributed by atoms with Crippen LogP contribution in [0.5, 0.6) is 0 Å². The molecule has 0 aliphatic carbocycles. The van der Waals surface area contributed by atoms with Crippen LogP contribution in [-0.4, -0.2) is 8.07 Å². The molecule has 64 heavy (non-hydrogen) atoms. The molecule has 0 aliphatic heterocycles. The van der Waals surface area contributed by atoms with Crippen molar-refractivity contribution in [2.45, 2.75) is 0 Å². The molecule has 0 unspecified atom stereocenters. The second-order valence-corrected chi connectivity index (χ2v) is 22.3. The van der Waals surface area contributed by atoms with Crippen LogP contribution in [0.25, 0.3) is 62.6 Å². The van der Waals surface area contributed by atoms with E-state index >= 15 is 0 Å². The lowest BCUT2D eigenvalue weighted by atomic mass is 9.92. The van der Waals surface area contributed by atoms with Crippen molar-refractivity contribution >= 4 is 109 Å². The zero-order chi connectivity index (χ0) is 42.5. The van der Waals surface area contributed by atoms with E-state index in [1.807, 2.05) is 22.7 Å². The van der Waals surface area contributed by atoms with Crippen LogP contribution in [0, 0.1) is 0 Å². The van der Waals surface area contributed by atoms with Crippen LogP contribution >= 0.6 is 22.7 Å². The summed E-state index contributed by atoms with van der Waals surface area (Å²) < 4.78 is 5.20. The highest BCUT2D eigenvalue weighted by molar-refractivity contribution is 7.27. The molecule has 10 aromatic carbocycles. The third-order valence-electron chi connectivity index (χ3n) is 12.8. The van der Waals surface area contributed by atoms with Crippen molar-refractivity contribution in [1.29, 1.82) is 0 Å². The second-order valence-electron chi connectivity index (χ2n) is 16.4. The maximum atomic E-state index is 2.49. The Balaban J connectivity index is 1.10. The Hall–Kier alpha value is -7.34. The number of hydrogen-bond acceptors (Lipinski definition) is 3. The lowest BCUT2D eigenvalue weighted by molar-refractivity contribution is 1.30. The topological polar surface area (TPSA) is 3.24 Å². The number of benzene rings is 10. The Labute approximate surface area is 382 Å². The predicted octanol–water partition coefficient (Wildman–Crippen LogP) is 14.6. The van der Waals surface area contributed by atoms with Crippen LogP contribution in [0.1, 0.15) is 0 Å². The van der Waals surface area contributed by atoms with Crippen molar-refractivity contribution in [1.82, 2.24) is 0 Å². The van der Waals surface area contributed by atoms with Gasteiger partial charge >= 0.3 is 0 Å². The van der Waals surface area contributed by atoms with E-state index < -0.39 is 8.07 Å². The van der Waals surface area contributed by atoms with Gasteiger partial charge < -0.3 is 4.90 Å². The molecule has 0 aliphatic rings. The van der Waals surface area contributed by atoms with E-state index in [2.05, 4.69) is 254 Å². The number of rotatable bonds is 9. The monoisotopic (exact) mass is 867 g/mol. The Morgan fingerprint density at radius 3 is 1.34 bits per heavy atom. The first kappa shape index (κ1) is 38.3. The van der Waals surface area contributed by atoms with Crippen molar-refractivity contribution in [3.05, 3.63) is 249 Å². The Kier molecular flexibility index (Phi) is 9.64. The molecule has 0 amide bonds. The number of hydrogen-bond donors (Lipinski definition) is 0. The van der Waals surface area contributed by atoms with Crippen molar-refractivity contribution < 1.29 is 0 Å². The van der Waals surface area contributed by atoms with Crippen molar-refractivity contribution in [2.75, 3.05) is 4.90 Å². The van der Waals surface area contributed by atoms with E-state index in [0.29, 0.717) is 0 Å². The molecule has 0 saturated heterocycles. The summed E-state index contributed by atoms with van der Waals surface area (Å²) >= 11 is 3.76. The van der Waals surface area contributed by atoms with Crippen LogP contribution in [0.3, 0.4) is 0 Å². The van der Waals surface area contributed by atoms with Gasteiger partial charge in [0, 0.05) is 52.6 Å². The summed E-state index contributed by atoms with van der Waals surface area (Å²) in [6, 6.07) is 92.4. The Morgan fingerprint density at radius 2 is 0.750 bits per heavy atom. The number of thiophene rings is 2. The van der Waals surface area contributed by atoms with Gasteiger partial charge in [-0.3, -0.25) is 0 Å². The third-order valence-corrected chi connectivity index (χ3v) is 20.1. The molecule has 0 atom stereocenters. The first-order valence-electron chi connectivity index (χ1n) is 21.8. The minimum absolute atomic E-state index is 1.11. The zero-order valence-electron chi connectivity index (χ0n) is 34.9. The summed E-state index contributed by atoms with van der Waals surface area (Å²) in [5, 5.41) is 10.6. The maximum absolute atomic E-state index is 2.73. The highest BCUT2D eigenvalue weighted by atomic mass is 32.1. The van der Waals surface area contributed by atoms with E-state index in [9.17, 15) is 0 Å². The molecule has 0 N–H and O–H groups in total. The summed E-state index contributed by atoms with van der Waals surface area (Å²) in [5.74, 6) is 0. The highest BCUT2D eigenvalue weighted by Gasteiger charge is 2.41. The summed E-state index contributed by atoms with van der Waals surface area (Å²) in [7, 11) is -2.73. The first-order valence-corrected chi connectivity index (χ1v) is 25.5. The minimum Gasteiger partial charge on any atom is -0.309 e. The van der Waals surface area contributed by atoms with Crippen molar-refractivity contribution in [3.63, 3.8) is 0 Å². The molecular weight excluding hydrogens is 827 g/mol. The van der Waals surface area contributed by atoms with Gasteiger partial charge in [-0.1, -0.05) is 206 Å². The molecule has 0 saturated carbocycles. The fraction of sp³-hybridized carbons (Fsp3) is 0. The lowest BCUT2D eigenvalue weighted by Gasteiger charge is -2.35. The van der Waals surface area contributed by atoms with Gasteiger partial charge in [0.05, 0.1) is 10.4 Å². The average molecular weight is 868 g/mol. The van der Waals surface area contributed by atoms with Gasteiger partial charge in [-0.2, -0.15) is 0 Å². The van der Waals surface area contributed by atoms with E-state index in [4.69, 9.17) is 0 Å². The molecule has 0 radical (unpaired) electrons. The van der Waals surface area contributed by atoms with Gasteiger partial charge in [-0.25, -0.2) is 0 Å². The molecule has 302 valence electrons. The molecule has 12 rings (SSSR count). The average Bonchev–Trinajstić information content (AvgIpc) is 3.96. The van der Waals surface area contributed by atoms with Gasteiger partial charge in [0.15, 0.2) is 8.07 Å². The van der Waals surface area contributed by atoms with Gasteiger partial charge in [-0.15, -0.1) is 22.7 Å². The van der Waals surface area contributed by atoms with Crippen molar-refractivity contribution in [2.24, 2.45) is 0 Å². The highest BCUT2D eigenvalue weighted by Crippen LogP contribution is 2.48. The van der Waals surface area contributed by atoms with Gasteiger partial charge in [0.25, 0.3) is 0 Å². The standard InChI is InChI=1S/C60H41NS2Si/c1-5-19-42(20-6-1)55-41-44(37-40-49(55)52-29-17-30-53-50-27-13-15-33-57(50)62-59(52)53)61(56-32-18-31-54-51-28-14-16-34-58(51)63-60(54)56)43-35-38-48(39-36-43)64(45-21-7-2-8-22-45,46-23-9-3-10-24-46)47-25-11-4-12-26-47/h1-41H. The van der Waals surface area contributed by atoms with Gasteiger partial charge in [0.2, 0.25) is 0 Å². The molecule has 4 heteroatoms. The molecule has 12 aromatic rings. The fourth-order valence-electron chi connectivity index (χ4n) is 9.98. The number of fused-ring (bicyclic) bond motifs is 6. The van der Waals surface area contributed by atoms with Crippen molar-refractivity contribution in [3.8, 4) is 22.3 Å². The Bertz CT molecular complexity index is 3500. The quantitative estimate of drug-likeness (QED) is 0.103. The second kappa shape index (κ2) is 16.1. The third kappa shape index (κ3) is 6.33. The zero-order valence-corrected chi connectivity index (χ0v) is 37.6. The minimum atomic E-state index is -2.73. The Morgan fingerprint density at radius 1 is 0.297 bits per heavy atom. The lowest BCUT2D eigenvalue weighted by Crippen LogP contribution is -2.74. The first-order chi connectivity index (χ1) is 31.8. The van der Waals surface area contributed by atoms with Crippen LogP contribution in [0.15, 0.2) is 249 Å². The maximum Gasteiger partial charge on any atom is 0.179 e. The largest absolute Gasteiger partial charge is 0.309 e. The van der Waals surface area contributed by atoms with E-state index in [1.165, 1.54) is 89.0 Å². The van der Waals surface area contributed by atoms with E-state index in [-0.39, 0.29) is 0 Å². The molecule has 0 spiro atoms. The van der Waals surface area contributed by atoms with Crippen LogP contribution < -0.4 is 25.6 Å². The van der Waals surface area contributed by atoms with Crippen LogP contribution in [0.2, 0.25) is 0 Å². The number of nitrogens with zero attached hydrogens (tertiary/aromatic N) is 1. The SMILES string of the molecule is c1ccc(-c2cc(N(c3ccc([Si](c4ccccc4)(c4ccccc4)c4ccccc4)cc3)c3cccc4c3sc3ccccc34)ccc2-c2cccc3c2sc2ccccc23)cc1. The summed E-state index contributed by atoms with van der Waals surface area (Å²) in [5.41, 5.74) is 8.28. The molecule has 0 bridgehead atoms. The normalized spacial score (nSPS) is 11.8. The van der Waals surface area contributed by atoms with Gasteiger partial charge in [-0.05, 0) is 79.9 Å². The smallest absolute Gasteiger partial charge is 0.179 e. The van der Waals surface area contributed by atoms with Crippen LogP contribution in [-0.2, 0) is 0 Å². The van der Waals surface area contributed by atoms with E-state index in [0.717, 1.165) is 11.4 Å². The fourth-order valence-corrected chi connectivity index (χ4v) is 17.2. The summed E-state index contributed by atoms with van der Waals surface area (Å²) in [6.07, 6.45) is 0. The number of anilines is 3. The molecule has 1 nitrogen and oxygen atoms in total. The summed E-state index contributed by atoms with van der Waals surface area (Å²) in [4.78, 5) is 2.49. The van der Waals surface area contributed by atoms with Crippen LogP contribution in [0.4, 0.5) is 17.1 Å². The van der Waals surface area contributed by atoms with E-state index in [1.54, 1.807) is 0 Å². The molecule has 0 fully saturated rings. The molecular formula is C60H41NS2Si.